The molecule has 1 aromatic carbocycles. The summed E-state index contributed by atoms with van der Waals surface area (Å²) in [5.74, 6) is -1.31. The van der Waals surface area contributed by atoms with Crippen LogP contribution in [0.15, 0.2) is 29.2 Å². The zero-order chi connectivity index (χ0) is 13.8. The Morgan fingerprint density at radius 1 is 1.33 bits per heavy atom. The van der Waals surface area contributed by atoms with Gasteiger partial charge in [0.1, 0.15) is 0 Å². The number of benzene rings is 1. The van der Waals surface area contributed by atoms with E-state index in [1.54, 1.807) is 0 Å². The van der Waals surface area contributed by atoms with Crippen LogP contribution in [0, 0.1) is 0 Å². The molecule has 6 heteroatoms. The van der Waals surface area contributed by atoms with Crippen LogP contribution in [0.5, 0.6) is 0 Å². The van der Waals surface area contributed by atoms with Crippen LogP contribution in [0.3, 0.4) is 0 Å². The van der Waals surface area contributed by atoms with Gasteiger partial charge in [-0.15, -0.1) is 0 Å². The molecular formula is C12H15ClO4S. The molecule has 1 unspecified atom stereocenters. The summed E-state index contributed by atoms with van der Waals surface area (Å²) in [5.41, 5.74) is 0. The molecule has 100 valence electrons. The maximum atomic E-state index is 12.2. The van der Waals surface area contributed by atoms with E-state index in [0.29, 0.717) is 11.4 Å². The second kappa shape index (κ2) is 6.20. The van der Waals surface area contributed by atoms with Crippen LogP contribution in [0.1, 0.15) is 26.2 Å². The molecule has 0 fully saturated rings. The Labute approximate surface area is 112 Å². The second-order valence-electron chi connectivity index (χ2n) is 3.97. The summed E-state index contributed by atoms with van der Waals surface area (Å²) in [6, 6.07) is 5.54. The van der Waals surface area contributed by atoms with E-state index in [-0.39, 0.29) is 11.3 Å². The maximum absolute atomic E-state index is 12.2. The fraction of sp³-hybridized carbons (Fsp3) is 0.417. The Hall–Kier alpha value is -1.07. The first-order valence-electron chi connectivity index (χ1n) is 5.62. The molecule has 0 bridgehead atoms. The Balaban J connectivity index is 3.09. The molecule has 18 heavy (non-hydrogen) atoms. The molecule has 0 saturated heterocycles. The Morgan fingerprint density at radius 2 is 1.89 bits per heavy atom. The average Bonchev–Trinajstić information content (AvgIpc) is 2.29. The number of aliphatic carboxylic acids is 1. The number of sulfone groups is 1. The molecular weight excluding hydrogens is 276 g/mol. The van der Waals surface area contributed by atoms with Gasteiger partial charge in [-0.3, -0.25) is 4.79 Å². The van der Waals surface area contributed by atoms with Gasteiger partial charge in [0, 0.05) is 5.02 Å². The smallest absolute Gasteiger partial charge is 0.322 e. The zero-order valence-electron chi connectivity index (χ0n) is 9.97. The second-order valence-corrected chi connectivity index (χ2v) is 6.53. The molecule has 0 radical (unpaired) electrons. The Bertz CT molecular complexity index is 507. The molecule has 1 atom stereocenters. The SMILES string of the molecule is CCCCC(C(=O)O)S(=O)(=O)c1ccc(Cl)cc1. The summed E-state index contributed by atoms with van der Waals surface area (Å²) in [7, 11) is -3.85. The minimum atomic E-state index is -3.85. The van der Waals surface area contributed by atoms with E-state index in [1.165, 1.54) is 24.3 Å². The Kier molecular flexibility index (Phi) is 5.16. The summed E-state index contributed by atoms with van der Waals surface area (Å²) in [6.07, 6.45) is 1.43. The van der Waals surface area contributed by atoms with Crippen LogP contribution >= 0.6 is 11.6 Å². The van der Waals surface area contributed by atoms with Gasteiger partial charge in [-0.2, -0.15) is 0 Å². The molecule has 0 heterocycles. The molecule has 0 aliphatic rings. The molecule has 4 nitrogen and oxygen atoms in total. The van der Waals surface area contributed by atoms with Crippen molar-refractivity contribution in [3.63, 3.8) is 0 Å². The molecule has 0 spiro atoms. The van der Waals surface area contributed by atoms with Crippen molar-refractivity contribution in [1.29, 1.82) is 0 Å². The van der Waals surface area contributed by atoms with Crippen molar-refractivity contribution >= 4 is 27.4 Å². The van der Waals surface area contributed by atoms with Crippen LogP contribution in [0.25, 0.3) is 0 Å². The van der Waals surface area contributed by atoms with Gasteiger partial charge in [0.25, 0.3) is 0 Å². The van der Waals surface area contributed by atoms with Crippen molar-refractivity contribution in [2.24, 2.45) is 0 Å². The highest BCUT2D eigenvalue weighted by Crippen LogP contribution is 2.22. The maximum Gasteiger partial charge on any atom is 0.322 e. The van der Waals surface area contributed by atoms with Gasteiger partial charge < -0.3 is 5.11 Å². The van der Waals surface area contributed by atoms with Crippen LogP contribution < -0.4 is 0 Å². The van der Waals surface area contributed by atoms with Crippen molar-refractivity contribution in [2.45, 2.75) is 36.3 Å². The number of halogens is 1. The number of carboxylic acids is 1. The summed E-state index contributed by atoms with van der Waals surface area (Å²) in [4.78, 5) is 11.1. The Morgan fingerprint density at radius 3 is 2.33 bits per heavy atom. The molecule has 1 N–H and O–H groups in total. The van der Waals surface area contributed by atoms with E-state index in [1.807, 2.05) is 6.92 Å². The molecule has 1 rings (SSSR count). The number of unbranched alkanes of at least 4 members (excludes halogenated alkanes) is 1. The topological polar surface area (TPSA) is 71.4 Å². The minimum absolute atomic E-state index is 0.00426. The number of rotatable bonds is 6. The van der Waals surface area contributed by atoms with E-state index in [0.717, 1.165) is 6.42 Å². The highest BCUT2D eigenvalue weighted by Gasteiger charge is 2.33. The third-order valence-electron chi connectivity index (χ3n) is 2.61. The highest BCUT2D eigenvalue weighted by molar-refractivity contribution is 7.92. The van der Waals surface area contributed by atoms with Gasteiger partial charge in [-0.1, -0.05) is 31.4 Å². The first kappa shape index (κ1) is 15.0. The van der Waals surface area contributed by atoms with Crippen LogP contribution in [-0.2, 0) is 14.6 Å². The lowest BCUT2D eigenvalue weighted by Crippen LogP contribution is -2.30. The highest BCUT2D eigenvalue weighted by atomic mass is 35.5. The molecule has 0 amide bonds. The van der Waals surface area contributed by atoms with E-state index in [4.69, 9.17) is 16.7 Å². The van der Waals surface area contributed by atoms with Crippen molar-refractivity contribution < 1.29 is 18.3 Å². The fourth-order valence-corrected chi connectivity index (χ4v) is 3.30. The molecule has 0 aliphatic carbocycles. The number of hydrogen-bond donors (Lipinski definition) is 1. The lowest BCUT2D eigenvalue weighted by molar-refractivity contribution is -0.136. The predicted octanol–water partition coefficient (Wildman–Crippen LogP) is 2.76. The van der Waals surface area contributed by atoms with E-state index >= 15 is 0 Å². The summed E-state index contributed by atoms with van der Waals surface area (Å²) >= 11 is 5.68. The van der Waals surface area contributed by atoms with Gasteiger partial charge in [0.2, 0.25) is 0 Å². The standard InChI is InChI=1S/C12H15ClO4S/c1-2-3-4-11(12(14)15)18(16,17)10-7-5-9(13)6-8-10/h5-8,11H,2-4H2,1H3,(H,14,15). The first-order chi connectivity index (χ1) is 8.39. The van der Waals surface area contributed by atoms with Gasteiger partial charge in [-0.05, 0) is 30.7 Å². The van der Waals surface area contributed by atoms with Gasteiger partial charge in [0.15, 0.2) is 15.1 Å². The van der Waals surface area contributed by atoms with E-state index in [2.05, 4.69) is 0 Å². The van der Waals surface area contributed by atoms with Crippen molar-refractivity contribution in [2.75, 3.05) is 0 Å². The van der Waals surface area contributed by atoms with Crippen molar-refractivity contribution in [3.05, 3.63) is 29.3 Å². The normalized spacial score (nSPS) is 13.2. The molecule has 1 aromatic rings. The lowest BCUT2D eigenvalue weighted by atomic mass is 10.2. The summed E-state index contributed by atoms with van der Waals surface area (Å²) in [6.45, 7) is 1.88. The summed E-state index contributed by atoms with van der Waals surface area (Å²) in [5, 5.41) is 8.07. The largest absolute Gasteiger partial charge is 0.480 e. The van der Waals surface area contributed by atoms with Crippen LogP contribution in [-0.4, -0.2) is 24.7 Å². The third-order valence-corrected chi connectivity index (χ3v) is 4.98. The predicted molar refractivity (Wildman–Crippen MR) is 69.6 cm³/mol. The number of carbonyl (C=O) groups is 1. The van der Waals surface area contributed by atoms with Crippen LogP contribution in [0.4, 0.5) is 0 Å². The fourth-order valence-electron chi connectivity index (χ4n) is 1.59. The molecule has 0 aromatic heterocycles. The lowest BCUT2D eigenvalue weighted by Gasteiger charge is -2.13. The average molecular weight is 291 g/mol. The molecule has 0 aliphatic heterocycles. The number of hydrogen-bond acceptors (Lipinski definition) is 3. The van der Waals surface area contributed by atoms with E-state index in [9.17, 15) is 13.2 Å². The monoisotopic (exact) mass is 290 g/mol. The minimum Gasteiger partial charge on any atom is -0.480 e. The van der Waals surface area contributed by atoms with Gasteiger partial charge in [0.05, 0.1) is 4.90 Å². The molecule has 0 saturated carbocycles. The van der Waals surface area contributed by atoms with Crippen LogP contribution in [0.2, 0.25) is 5.02 Å². The van der Waals surface area contributed by atoms with Crippen molar-refractivity contribution in [1.82, 2.24) is 0 Å². The summed E-state index contributed by atoms with van der Waals surface area (Å²) < 4.78 is 24.3. The quantitative estimate of drug-likeness (QED) is 0.874. The van der Waals surface area contributed by atoms with Gasteiger partial charge >= 0.3 is 5.97 Å². The number of carboxylic acid groups (broad SMARTS) is 1. The van der Waals surface area contributed by atoms with Gasteiger partial charge in [-0.25, -0.2) is 8.42 Å². The van der Waals surface area contributed by atoms with E-state index < -0.39 is 21.1 Å². The first-order valence-corrected chi connectivity index (χ1v) is 7.54. The van der Waals surface area contributed by atoms with Crippen molar-refractivity contribution in [3.8, 4) is 0 Å². The third kappa shape index (κ3) is 3.46. The zero-order valence-corrected chi connectivity index (χ0v) is 11.5.